The highest BCUT2D eigenvalue weighted by molar-refractivity contribution is 5.77. The van der Waals surface area contributed by atoms with Crippen LogP contribution in [0.4, 0.5) is 10.1 Å². The first-order valence-corrected chi connectivity index (χ1v) is 7.54. The van der Waals surface area contributed by atoms with E-state index in [1.54, 1.807) is 6.07 Å². The van der Waals surface area contributed by atoms with Crippen molar-refractivity contribution in [3.63, 3.8) is 0 Å². The van der Waals surface area contributed by atoms with Gasteiger partial charge in [-0.25, -0.2) is 4.39 Å². The molecule has 0 aromatic heterocycles. The minimum atomic E-state index is -0.266. The summed E-state index contributed by atoms with van der Waals surface area (Å²) in [6.07, 6.45) is 1.72. The average Bonchev–Trinajstić information content (AvgIpc) is 2.45. The fraction of sp³-hybridized carbons (Fsp3) is 0.562. The lowest BCUT2D eigenvalue weighted by Gasteiger charge is -2.34. The van der Waals surface area contributed by atoms with Gasteiger partial charge in [0.25, 0.3) is 0 Å². The predicted molar refractivity (Wildman–Crippen MR) is 82.5 cm³/mol. The van der Waals surface area contributed by atoms with E-state index < -0.39 is 0 Å². The fourth-order valence-corrected chi connectivity index (χ4v) is 2.75. The normalized spacial score (nSPS) is 19.0. The maximum atomic E-state index is 14.2. The van der Waals surface area contributed by atoms with E-state index >= 15 is 0 Å². The summed E-state index contributed by atoms with van der Waals surface area (Å²) >= 11 is 0. The smallest absolute Gasteiger partial charge is 0.222 e. The Labute approximate surface area is 125 Å². The number of benzene rings is 1. The Balaban J connectivity index is 2.21. The van der Waals surface area contributed by atoms with Gasteiger partial charge in [0.1, 0.15) is 5.82 Å². The van der Waals surface area contributed by atoms with Gasteiger partial charge in [-0.05, 0) is 25.0 Å². The Bertz CT molecular complexity index is 504. The molecule has 2 rings (SSSR count). The van der Waals surface area contributed by atoms with Crippen molar-refractivity contribution >= 4 is 11.6 Å². The molecule has 0 spiro atoms. The number of halogens is 1. The quantitative estimate of drug-likeness (QED) is 0.873. The third-order valence-electron chi connectivity index (χ3n) is 3.95. The average molecular weight is 293 g/mol. The summed E-state index contributed by atoms with van der Waals surface area (Å²) in [6, 6.07) is 5.41. The molecule has 1 aromatic carbocycles. The number of rotatable bonds is 5. The van der Waals surface area contributed by atoms with Crippen molar-refractivity contribution in [1.29, 1.82) is 0 Å². The van der Waals surface area contributed by atoms with Crippen molar-refractivity contribution in [1.82, 2.24) is 5.32 Å². The Morgan fingerprint density at radius 3 is 2.95 bits per heavy atom. The molecule has 1 saturated heterocycles. The first-order valence-electron chi connectivity index (χ1n) is 7.54. The van der Waals surface area contributed by atoms with E-state index in [1.807, 2.05) is 19.9 Å². The Morgan fingerprint density at radius 2 is 2.29 bits per heavy atom. The maximum Gasteiger partial charge on any atom is 0.222 e. The van der Waals surface area contributed by atoms with Crippen LogP contribution in [-0.4, -0.2) is 25.0 Å². The highest BCUT2D eigenvalue weighted by Crippen LogP contribution is 2.28. The number of anilines is 1. The summed E-state index contributed by atoms with van der Waals surface area (Å²) < 4.78 is 14.2. The Hall–Kier alpha value is -1.62. The third-order valence-corrected chi connectivity index (χ3v) is 3.95. The summed E-state index contributed by atoms with van der Waals surface area (Å²) in [5, 5.41) is 3.26. The summed E-state index contributed by atoms with van der Waals surface area (Å²) in [5.74, 6) is -0.618. The van der Waals surface area contributed by atoms with Crippen molar-refractivity contribution in [3.05, 3.63) is 29.6 Å². The van der Waals surface area contributed by atoms with Gasteiger partial charge < -0.3 is 16.0 Å². The lowest BCUT2D eigenvalue weighted by molar-refractivity contribution is -0.122. The van der Waals surface area contributed by atoms with Crippen molar-refractivity contribution in [2.45, 2.75) is 39.3 Å². The molecular formula is C16H24FN3O. The summed E-state index contributed by atoms with van der Waals surface area (Å²) in [5.41, 5.74) is 6.95. The van der Waals surface area contributed by atoms with Crippen LogP contribution in [0.25, 0.3) is 0 Å². The van der Waals surface area contributed by atoms with E-state index in [-0.39, 0.29) is 23.7 Å². The molecule has 1 aliphatic rings. The van der Waals surface area contributed by atoms with E-state index in [1.165, 1.54) is 6.07 Å². The van der Waals surface area contributed by atoms with Crippen LogP contribution in [0, 0.1) is 11.7 Å². The zero-order valence-electron chi connectivity index (χ0n) is 12.7. The number of hydrogen-bond acceptors (Lipinski definition) is 3. The number of nitrogens with one attached hydrogen (secondary N) is 1. The van der Waals surface area contributed by atoms with Gasteiger partial charge in [0.05, 0.1) is 5.92 Å². The van der Waals surface area contributed by atoms with Crippen LogP contribution < -0.4 is 16.0 Å². The fourth-order valence-electron chi connectivity index (χ4n) is 2.75. The molecule has 1 atom stereocenters. The number of nitrogens with two attached hydrogens (primary N) is 1. The van der Waals surface area contributed by atoms with E-state index in [4.69, 9.17) is 5.73 Å². The number of nitrogens with zero attached hydrogens (tertiary/aromatic N) is 1. The lowest BCUT2D eigenvalue weighted by atomic mass is 9.96. The van der Waals surface area contributed by atoms with Gasteiger partial charge in [-0.1, -0.05) is 19.9 Å². The topological polar surface area (TPSA) is 58.4 Å². The molecule has 3 N–H and O–H groups in total. The van der Waals surface area contributed by atoms with Crippen LogP contribution in [0.5, 0.6) is 0 Å². The van der Waals surface area contributed by atoms with Gasteiger partial charge in [0.15, 0.2) is 0 Å². The highest BCUT2D eigenvalue weighted by Gasteiger charge is 2.26. The van der Waals surface area contributed by atoms with Crippen LogP contribution in [0.15, 0.2) is 18.2 Å². The molecule has 1 unspecified atom stereocenters. The lowest BCUT2D eigenvalue weighted by Crippen LogP contribution is -2.41. The number of amides is 1. The first-order chi connectivity index (χ1) is 9.99. The van der Waals surface area contributed by atoms with Crippen LogP contribution in [0.1, 0.15) is 32.3 Å². The van der Waals surface area contributed by atoms with E-state index in [0.717, 1.165) is 25.1 Å². The molecule has 1 fully saturated rings. The number of piperidine rings is 1. The van der Waals surface area contributed by atoms with E-state index in [2.05, 4.69) is 10.2 Å². The second kappa shape index (κ2) is 6.89. The van der Waals surface area contributed by atoms with Crippen molar-refractivity contribution in [2.75, 3.05) is 18.0 Å². The molecule has 0 radical (unpaired) electrons. The molecule has 0 saturated carbocycles. The SMILES string of the molecule is CC(C)NCc1c(F)cccc1N1CCCC(C(N)=O)C1. The molecule has 1 aromatic rings. The molecule has 0 aliphatic carbocycles. The summed E-state index contributed by atoms with van der Waals surface area (Å²) in [7, 11) is 0. The zero-order valence-corrected chi connectivity index (χ0v) is 12.7. The van der Waals surface area contributed by atoms with Crippen molar-refractivity contribution < 1.29 is 9.18 Å². The van der Waals surface area contributed by atoms with Gasteiger partial charge in [-0.15, -0.1) is 0 Å². The first kappa shape index (κ1) is 15.8. The second-order valence-electron chi connectivity index (χ2n) is 5.96. The molecule has 1 amide bonds. The van der Waals surface area contributed by atoms with E-state index in [0.29, 0.717) is 18.7 Å². The summed E-state index contributed by atoms with van der Waals surface area (Å²) in [4.78, 5) is 13.5. The van der Waals surface area contributed by atoms with Gasteiger partial charge in [-0.2, -0.15) is 0 Å². The minimum Gasteiger partial charge on any atom is -0.370 e. The predicted octanol–water partition coefficient (Wildman–Crippen LogP) is 2.03. The van der Waals surface area contributed by atoms with Crippen LogP contribution >= 0.6 is 0 Å². The van der Waals surface area contributed by atoms with Crippen LogP contribution in [0.2, 0.25) is 0 Å². The zero-order chi connectivity index (χ0) is 15.4. The second-order valence-corrected chi connectivity index (χ2v) is 5.96. The molecule has 116 valence electrons. The molecule has 4 nitrogen and oxygen atoms in total. The van der Waals surface area contributed by atoms with Crippen molar-refractivity contribution in [2.24, 2.45) is 11.7 Å². The monoisotopic (exact) mass is 293 g/mol. The van der Waals surface area contributed by atoms with E-state index in [9.17, 15) is 9.18 Å². The molecule has 1 aliphatic heterocycles. The molecule has 1 heterocycles. The Morgan fingerprint density at radius 1 is 1.52 bits per heavy atom. The molecule has 21 heavy (non-hydrogen) atoms. The third kappa shape index (κ3) is 3.94. The number of carbonyl (C=O) groups excluding carboxylic acids is 1. The van der Waals surface area contributed by atoms with Gasteiger partial charge in [0, 0.05) is 36.9 Å². The van der Waals surface area contributed by atoms with Crippen LogP contribution in [0.3, 0.4) is 0 Å². The largest absolute Gasteiger partial charge is 0.370 e. The molecular weight excluding hydrogens is 269 g/mol. The number of carbonyl (C=O) groups is 1. The molecule has 0 bridgehead atoms. The standard InChI is InChI=1S/C16H24FN3O/c1-11(2)19-9-13-14(17)6-3-7-15(13)20-8-4-5-12(10-20)16(18)21/h3,6-7,11-12,19H,4-5,8-10H2,1-2H3,(H2,18,21). The van der Waals surface area contributed by atoms with Gasteiger partial charge in [0.2, 0.25) is 5.91 Å². The number of primary amides is 1. The molecule has 5 heteroatoms. The summed E-state index contributed by atoms with van der Waals surface area (Å²) in [6.45, 7) is 5.96. The number of hydrogen-bond donors (Lipinski definition) is 2. The Kier molecular flexibility index (Phi) is 5.17. The highest BCUT2D eigenvalue weighted by atomic mass is 19.1. The maximum absolute atomic E-state index is 14.2. The van der Waals surface area contributed by atoms with Crippen LogP contribution in [-0.2, 0) is 11.3 Å². The van der Waals surface area contributed by atoms with Crippen molar-refractivity contribution in [3.8, 4) is 0 Å². The van der Waals surface area contributed by atoms with Gasteiger partial charge in [-0.3, -0.25) is 4.79 Å². The minimum absolute atomic E-state index is 0.145. The van der Waals surface area contributed by atoms with Gasteiger partial charge >= 0.3 is 0 Å².